The molecule has 3 saturated carbocycles. The summed E-state index contributed by atoms with van der Waals surface area (Å²) in [5.74, 6) is -7.85. The van der Waals surface area contributed by atoms with E-state index in [1.54, 1.807) is 39.0 Å². The summed E-state index contributed by atoms with van der Waals surface area (Å²) in [5.41, 5.74) is -5.59. The lowest BCUT2D eigenvalue weighted by molar-refractivity contribution is -0.350. The molecule has 4 aliphatic rings. The molecule has 1 heterocycles. The van der Waals surface area contributed by atoms with Gasteiger partial charge in [0.25, 0.3) is 0 Å². The average molecular weight is 890 g/mol. The number of carbonyl (C=O) groups is 5. The molecule has 0 spiro atoms. The van der Waals surface area contributed by atoms with Gasteiger partial charge in [0.2, 0.25) is 11.6 Å². The van der Waals surface area contributed by atoms with Gasteiger partial charge < -0.3 is 38.9 Å². The van der Waals surface area contributed by atoms with Crippen LogP contribution in [-0.2, 0) is 42.6 Å². The van der Waals surface area contributed by atoms with Crippen molar-refractivity contribution in [1.29, 1.82) is 0 Å². The minimum Gasteiger partial charge on any atom is -0.460 e. The number of nitrogens with one attached hydrogen (secondary N) is 1. The van der Waals surface area contributed by atoms with E-state index >= 15 is 14.4 Å². The van der Waals surface area contributed by atoms with Gasteiger partial charge in [0.15, 0.2) is 20.0 Å². The van der Waals surface area contributed by atoms with Gasteiger partial charge in [-0.2, -0.15) is 0 Å². The Hall–Kier alpha value is -4.05. The Morgan fingerprint density at radius 3 is 2.13 bits per heavy atom. The van der Waals surface area contributed by atoms with Crippen molar-refractivity contribution in [1.82, 2.24) is 5.32 Å². The van der Waals surface area contributed by atoms with Crippen LogP contribution < -0.4 is 5.32 Å². The number of esters is 3. The molecule has 2 aromatic carbocycles. The number of fused-ring (bicyclic) bond motifs is 5. The van der Waals surface area contributed by atoms with Gasteiger partial charge in [0.1, 0.15) is 23.9 Å². The summed E-state index contributed by atoms with van der Waals surface area (Å²) in [6.07, 6.45) is -5.20. The number of benzene rings is 2. The summed E-state index contributed by atoms with van der Waals surface area (Å²) in [6, 6.07) is 16.9. The van der Waals surface area contributed by atoms with E-state index in [0.717, 1.165) is 11.1 Å². The van der Waals surface area contributed by atoms with Gasteiger partial charge in [0.05, 0.1) is 35.6 Å². The maximum atomic E-state index is 15.2. The normalized spacial score (nSPS) is 33.9. The van der Waals surface area contributed by atoms with Crippen LogP contribution in [0.2, 0.25) is 18.1 Å². The molecule has 344 valence electrons. The van der Waals surface area contributed by atoms with Crippen molar-refractivity contribution in [2.45, 2.75) is 148 Å². The van der Waals surface area contributed by atoms with Gasteiger partial charge >= 0.3 is 17.9 Å². The minimum absolute atomic E-state index is 0.131. The molecule has 1 saturated heterocycles. The predicted octanol–water partition coefficient (Wildman–Crippen LogP) is 6.46. The van der Waals surface area contributed by atoms with Gasteiger partial charge in [-0.1, -0.05) is 102 Å². The Morgan fingerprint density at radius 1 is 0.984 bits per heavy atom. The number of allylic oxidation sites excluding steroid dienone is 1. The van der Waals surface area contributed by atoms with E-state index in [2.05, 4.69) is 26.1 Å². The lowest BCUT2D eigenvalue weighted by Crippen LogP contribution is -2.82. The molecular formula is C49H67NO12Si. The maximum absolute atomic E-state index is 15.2. The first kappa shape index (κ1) is 48.4. The fraction of sp³-hybridized carbons (Fsp3) is 0.612. The van der Waals surface area contributed by atoms with Gasteiger partial charge in [-0.25, -0.2) is 9.59 Å². The van der Waals surface area contributed by atoms with Crippen molar-refractivity contribution in [3.05, 3.63) is 83.4 Å². The van der Waals surface area contributed by atoms with Gasteiger partial charge in [0, 0.05) is 43.6 Å². The van der Waals surface area contributed by atoms with Crippen molar-refractivity contribution >= 4 is 37.8 Å². The summed E-state index contributed by atoms with van der Waals surface area (Å²) in [4.78, 5) is 72.8. The van der Waals surface area contributed by atoms with E-state index in [1.807, 2.05) is 63.3 Å². The topological polar surface area (TPSA) is 184 Å². The second kappa shape index (κ2) is 17.4. The van der Waals surface area contributed by atoms with Crippen LogP contribution in [-0.4, -0.2) is 103 Å². The van der Waals surface area contributed by atoms with Crippen molar-refractivity contribution in [2.75, 3.05) is 13.2 Å². The second-order valence-electron chi connectivity index (χ2n) is 20.6. The summed E-state index contributed by atoms with van der Waals surface area (Å²) in [6.45, 7) is 22.0. The molecule has 3 aliphatic carbocycles. The molecule has 3 N–H and O–H groups in total. The number of Topliss-reactive ketones (excluding diaryl/α,β-unsaturated/α-hetero) is 2. The number of hydrogen-bond donors (Lipinski definition) is 3. The Bertz CT molecular complexity index is 2100. The number of aliphatic hydroxyl groups excluding tert-OH is 1. The smallest absolute Gasteiger partial charge is 0.338 e. The maximum Gasteiger partial charge on any atom is 0.338 e. The molecule has 12 atom stereocenters. The summed E-state index contributed by atoms with van der Waals surface area (Å²) < 4.78 is 32.1. The molecule has 0 aromatic heterocycles. The zero-order valence-corrected chi connectivity index (χ0v) is 39.9. The Morgan fingerprint density at radius 2 is 1.59 bits per heavy atom. The van der Waals surface area contributed by atoms with E-state index in [0.29, 0.717) is 6.54 Å². The minimum atomic E-state index is -2.73. The van der Waals surface area contributed by atoms with Crippen LogP contribution in [0, 0.1) is 28.6 Å². The molecule has 0 radical (unpaired) electrons. The number of ketones is 2. The van der Waals surface area contributed by atoms with Gasteiger partial charge in [-0.3, -0.25) is 14.4 Å². The lowest BCUT2D eigenvalue weighted by Gasteiger charge is -2.67. The second-order valence-corrected chi connectivity index (χ2v) is 25.4. The number of hydrogen-bond acceptors (Lipinski definition) is 13. The third-order valence-electron chi connectivity index (χ3n) is 15.5. The van der Waals surface area contributed by atoms with Crippen molar-refractivity contribution < 1.29 is 57.6 Å². The number of aliphatic hydroxyl groups is 2. The lowest BCUT2D eigenvalue weighted by atomic mass is 9.42. The molecule has 3 unspecified atom stereocenters. The van der Waals surface area contributed by atoms with Crippen LogP contribution in [0.5, 0.6) is 0 Å². The first-order valence-corrected chi connectivity index (χ1v) is 25.0. The fourth-order valence-corrected chi connectivity index (χ4v) is 11.7. The summed E-state index contributed by atoms with van der Waals surface area (Å²) >= 11 is 0. The standard InChI is InChI=1S/C49H67NO12Si/c1-13-28(2)26-50-37(31-20-16-14-17-21-31)39(62-63(11,12)45(5,6)7)44(56)59-33-25-49(57)42(60-43(55)32-22-18-15-19-23-32)40-47(10,41(54)38(53)36(29(33)3)46(49,8)9)34(52)24-35-48(40,27-58-35)61-30(4)51/h13-23,29,33-37,39-40,42,50,52,57H,24-27H2,1-12H3/t29?,33-,34-,35+,36?,37-,39+,40?,42-,47+,48-,49+/m0/s1. The zero-order chi connectivity index (χ0) is 46.7. The zero-order valence-electron chi connectivity index (χ0n) is 38.9. The third kappa shape index (κ3) is 8.29. The predicted molar refractivity (Wildman–Crippen MR) is 237 cm³/mol. The van der Waals surface area contributed by atoms with Crippen LogP contribution in [0.25, 0.3) is 0 Å². The highest BCUT2D eigenvalue weighted by Crippen LogP contribution is 2.64. The molecule has 63 heavy (non-hydrogen) atoms. The molecule has 6 rings (SSSR count). The monoisotopic (exact) mass is 889 g/mol. The van der Waals surface area contributed by atoms with Crippen molar-refractivity contribution in [2.24, 2.45) is 28.6 Å². The highest BCUT2D eigenvalue weighted by Gasteiger charge is 2.79. The van der Waals surface area contributed by atoms with Crippen LogP contribution in [0.1, 0.15) is 104 Å². The molecule has 2 aromatic rings. The molecule has 13 nitrogen and oxygen atoms in total. The average Bonchev–Trinajstić information content (AvgIpc) is 3.21. The SMILES string of the molecule is CC=C(C)CN[C@@H](c1ccccc1)[C@@H](O[Si](C)(C)C(C)(C)C)C(=O)O[C@H]1C[C@@]2(O)[C@@H](OC(=O)c3ccccc3)C3[C@](C)(C(=O)C(=O)C(C1C)C2(C)C)[C@@H](O)C[C@H]1OC[C@@]31OC(C)=O. The Kier molecular flexibility index (Phi) is 13.4. The van der Waals surface area contributed by atoms with E-state index in [9.17, 15) is 19.8 Å². The van der Waals surface area contributed by atoms with Crippen LogP contribution in [0.4, 0.5) is 0 Å². The first-order valence-electron chi connectivity index (χ1n) is 22.1. The molecule has 2 bridgehead atoms. The molecule has 0 amide bonds. The Balaban J connectivity index is 1.53. The third-order valence-corrected chi connectivity index (χ3v) is 20.0. The summed E-state index contributed by atoms with van der Waals surface area (Å²) in [5, 5.41) is 29.0. The molecule has 14 heteroatoms. The number of ether oxygens (including phenoxy) is 4. The molecule has 1 aliphatic heterocycles. The van der Waals surface area contributed by atoms with Crippen molar-refractivity contribution in [3.63, 3.8) is 0 Å². The molecule has 4 fully saturated rings. The fourth-order valence-electron chi connectivity index (χ4n) is 10.5. The van der Waals surface area contributed by atoms with Gasteiger partial charge in [-0.05, 0) is 56.6 Å². The van der Waals surface area contributed by atoms with E-state index in [1.165, 1.54) is 26.0 Å². The van der Waals surface area contributed by atoms with Crippen LogP contribution >= 0.6 is 0 Å². The Labute approximate surface area is 372 Å². The van der Waals surface area contributed by atoms with E-state index in [4.69, 9.17) is 23.4 Å². The highest BCUT2D eigenvalue weighted by molar-refractivity contribution is 6.74. The summed E-state index contributed by atoms with van der Waals surface area (Å²) in [7, 11) is -2.73. The number of carbonyl (C=O) groups excluding carboxylic acids is 5. The molecular weight excluding hydrogens is 823 g/mol. The first-order chi connectivity index (χ1) is 29.3. The largest absolute Gasteiger partial charge is 0.460 e. The van der Waals surface area contributed by atoms with E-state index in [-0.39, 0.29) is 30.1 Å². The van der Waals surface area contributed by atoms with Gasteiger partial charge in [-0.15, -0.1) is 0 Å². The quantitative estimate of drug-likeness (QED) is 0.0694. The van der Waals surface area contributed by atoms with Crippen molar-refractivity contribution in [3.8, 4) is 0 Å². The number of rotatable bonds is 12. The van der Waals surface area contributed by atoms with E-state index < -0.39 is 114 Å². The highest BCUT2D eigenvalue weighted by atomic mass is 28.4. The van der Waals surface area contributed by atoms with Crippen LogP contribution in [0.15, 0.2) is 72.3 Å². The van der Waals surface area contributed by atoms with Crippen LogP contribution in [0.3, 0.4) is 0 Å².